The Balaban J connectivity index is 2.62. The van der Waals surface area contributed by atoms with E-state index in [1.807, 2.05) is 0 Å². The quantitative estimate of drug-likeness (QED) is 0.537. The van der Waals surface area contributed by atoms with Gasteiger partial charge in [-0.3, -0.25) is 0 Å². The van der Waals surface area contributed by atoms with Crippen LogP contribution >= 0.6 is 0 Å². The molecule has 0 unspecified atom stereocenters. The number of aromatic amines is 2. The first-order chi connectivity index (χ1) is 6.77. The Morgan fingerprint density at radius 1 is 0.786 bits per heavy atom. The molecule has 0 radical (unpaired) electrons. The first-order valence-corrected chi connectivity index (χ1v) is 4.82. The van der Waals surface area contributed by atoms with Crippen LogP contribution < -0.4 is 0 Å². The summed E-state index contributed by atoms with van der Waals surface area (Å²) in [5.41, 5.74) is 5.03. The van der Waals surface area contributed by atoms with E-state index in [4.69, 9.17) is 0 Å². The fraction of sp³-hybridized carbons (Fsp3) is 0.167. The lowest BCUT2D eigenvalue weighted by Crippen LogP contribution is -1.73. The minimum Gasteiger partial charge on any atom is -0.359 e. The molecule has 0 fully saturated rings. The lowest BCUT2D eigenvalue weighted by Gasteiger charge is -1.95. The highest BCUT2D eigenvalue weighted by atomic mass is 14.7. The van der Waals surface area contributed by atoms with Gasteiger partial charge in [-0.25, -0.2) is 0 Å². The van der Waals surface area contributed by atoms with E-state index in [2.05, 4.69) is 48.3 Å². The average molecular weight is 184 g/mol. The first kappa shape index (κ1) is 7.68. The number of fused-ring (bicyclic) bond motifs is 3. The second-order valence-corrected chi connectivity index (χ2v) is 3.85. The van der Waals surface area contributed by atoms with E-state index in [-0.39, 0.29) is 0 Å². The van der Waals surface area contributed by atoms with Gasteiger partial charge in [0.15, 0.2) is 0 Å². The van der Waals surface area contributed by atoms with Gasteiger partial charge in [0.1, 0.15) is 0 Å². The molecular formula is C12H12N2. The normalized spacial score (nSPS) is 11.6. The molecule has 14 heavy (non-hydrogen) atoms. The maximum atomic E-state index is 3.31. The highest BCUT2D eigenvalue weighted by Crippen LogP contribution is 2.27. The third-order valence-electron chi connectivity index (χ3n) is 2.92. The van der Waals surface area contributed by atoms with Gasteiger partial charge in [-0.2, -0.15) is 0 Å². The van der Waals surface area contributed by atoms with Crippen LogP contribution in [0.1, 0.15) is 11.1 Å². The van der Waals surface area contributed by atoms with Crippen molar-refractivity contribution in [2.75, 3.05) is 0 Å². The predicted octanol–water partition coefficient (Wildman–Crippen LogP) is 3.27. The summed E-state index contributed by atoms with van der Waals surface area (Å²) in [6, 6.07) is 4.37. The van der Waals surface area contributed by atoms with Crippen molar-refractivity contribution in [1.82, 2.24) is 9.97 Å². The van der Waals surface area contributed by atoms with Crippen LogP contribution in [-0.4, -0.2) is 9.97 Å². The van der Waals surface area contributed by atoms with Crippen molar-refractivity contribution in [3.8, 4) is 0 Å². The molecule has 2 nitrogen and oxygen atoms in total. The number of hydrogen-bond acceptors (Lipinski definition) is 0. The summed E-state index contributed by atoms with van der Waals surface area (Å²) in [4.78, 5) is 6.63. The second-order valence-electron chi connectivity index (χ2n) is 3.85. The summed E-state index contributed by atoms with van der Waals surface area (Å²) in [5.74, 6) is 0. The number of hydrogen-bond donors (Lipinski definition) is 2. The summed E-state index contributed by atoms with van der Waals surface area (Å²) in [6.07, 6.45) is 4.11. The topological polar surface area (TPSA) is 31.6 Å². The largest absolute Gasteiger partial charge is 0.359 e. The number of H-pyrrole nitrogens is 2. The molecular weight excluding hydrogens is 172 g/mol. The van der Waals surface area contributed by atoms with Gasteiger partial charge < -0.3 is 9.97 Å². The minimum atomic E-state index is 1.22. The Hall–Kier alpha value is -1.70. The van der Waals surface area contributed by atoms with Gasteiger partial charge in [-0.15, -0.1) is 0 Å². The van der Waals surface area contributed by atoms with Crippen LogP contribution in [0.15, 0.2) is 24.5 Å². The van der Waals surface area contributed by atoms with Gasteiger partial charge in [-0.05, 0) is 25.0 Å². The van der Waals surface area contributed by atoms with Crippen molar-refractivity contribution in [1.29, 1.82) is 0 Å². The van der Waals surface area contributed by atoms with Crippen LogP contribution in [0.5, 0.6) is 0 Å². The van der Waals surface area contributed by atoms with Crippen LogP contribution in [-0.2, 0) is 0 Å². The van der Waals surface area contributed by atoms with Crippen LogP contribution in [0.3, 0.4) is 0 Å². The van der Waals surface area contributed by atoms with E-state index in [1.54, 1.807) is 0 Å². The van der Waals surface area contributed by atoms with Crippen LogP contribution in [0.2, 0.25) is 0 Å². The second kappa shape index (κ2) is 2.41. The average Bonchev–Trinajstić information content (AvgIpc) is 2.72. The molecule has 2 heteroatoms. The molecule has 0 aliphatic heterocycles. The molecule has 3 aromatic rings. The van der Waals surface area contributed by atoms with E-state index in [0.29, 0.717) is 0 Å². The highest BCUT2D eigenvalue weighted by molar-refractivity contribution is 6.05. The zero-order valence-electron chi connectivity index (χ0n) is 8.31. The number of nitrogens with one attached hydrogen (secondary N) is 2. The molecule has 2 heterocycles. The smallest absolute Gasteiger partial charge is 0.0702 e. The molecule has 0 aliphatic carbocycles. The number of aromatic nitrogens is 2. The maximum Gasteiger partial charge on any atom is 0.0702 e. The van der Waals surface area contributed by atoms with Gasteiger partial charge in [0, 0.05) is 23.2 Å². The molecule has 3 rings (SSSR count). The van der Waals surface area contributed by atoms with Gasteiger partial charge in [0.05, 0.1) is 11.0 Å². The lowest BCUT2D eigenvalue weighted by atomic mass is 10.1. The lowest BCUT2D eigenvalue weighted by molar-refractivity contribution is 1.40. The Morgan fingerprint density at radius 3 is 1.64 bits per heavy atom. The third-order valence-corrected chi connectivity index (χ3v) is 2.92. The monoisotopic (exact) mass is 184 g/mol. The molecule has 2 aromatic heterocycles. The Morgan fingerprint density at radius 2 is 1.21 bits per heavy atom. The number of aryl methyl sites for hydroxylation is 2. The summed E-state index contributed by atoms with van der Waals surface area (Å²) in [5, 5.41) is 2.61. The maximum absolute atomic E-state index is 3.31. The molecule has 0 saturated carbocycles. The van der Waals surface area contributed by atoms with E-state index < -0.39 is 0 Å². The zero-order valence-corrected chi connectivity index (χ0v) is 8.31. The van der Waals surface area contributed by atoms with Crippen LogP contribution in [0.4, 0.5) is 0 Å². The Kier molecular flexibility index (Phi) is 1.32. The van der Waals surface area contributed by atoms with E-state index in [0.717, 1.165) is 0 Å². The van der Waals surface area contributed by atoms with Crippen molar-refractivity contribution < 1.29 is 0 Å². The fourth-order valence-electron chi connectivity index (χ4n) is 2.08. The molecule has 70 valence electrons. The van der Waals surface area contributed by atoms with Gasteiger partial charge >= 0.3 is 0 Å². The third kappa shape index (κ3) is 0.803. The van der Waals surface area contributed by atoms with E-state index >= 15 is 0 Å². The SMILES string of the molecule is Cc1c[nH]c2c1ccc1c(C)c[nH]c12. The molecule has 1 aromatic carbocycles. The van der Waals surface area contributed by atoms with Crippen LogP contribution in [0, 0.1) is 13.8 Å². The highest BCUT2D eigenvalue weighted by Gasteiger charge is 2.06. The Bertz CT molecular complexity index is 558. The van der Waals surface area contributed by atoms with Crippen LogP contribution in [0.25, 0.3) is 21.8 Å². The van der Waals surface area contributed by atoms with Crippen molar-refractivity contribution in [3.05, 3.63) is 35.7 Å². The summed E-state index contributed by atoms with van der Waals surface area (Å²) < 4.78 is 0. The minimum absolute atomic E-state index is 1.22. The Labute approximate surface area is 81.9 Å². The predicted molar refractivity (Wildman–Crippen MR) is 59.6 cm³/mol. The summed E-state index contributed by atoms with van der Waals surface area (Å²) in [6.45, 7) is 4.25. The molecule has 2 N–H and O–H groups in total. The number of benzene rings is 1. The number of rotatable bonds is 0. The van der Waals surface area contributed by atoms with Crippen molar-refractivity contribution in [2.24, 2.45) is 0 Å². The molecule has 0 amide bonds. The van der Waals surface area contributed by atoms with Gasteiger partial charge in [-0.1, -0.05) is 12.1 Å². The molecule has 0 bridgehead atoms. The molecule has 0 atom stereocenters. The van der Waals surface area contributed by atoms with E-state index in [9.17, 15) is 0 Å². The zero-order chi connectivity index (χ0) is 9.71. The van der Waals surface area contributed by atoms with E-state index in [1.165, 1.54) is 32.9 Å². The van der Waals surface area contributed by atoms with Crippen molar-refractivity contribution in [3.63, 3.8) is 0 Å². The standard InChI is InChI=1S/C12H12N2/c1-7-5-13-11-9(7)3-4-10-8(2)6-14-12(10)11/h3-6,13-14H,1-2H3. The molecule has 0 aliphatic rings. The molecule has 0 saturated heterocycles. The summed E-state index contributed by atoms with van der Waals surface area (Å²) >= 11 is 0. The van der Waals surface area contributed by atoms with Crippen molar-refractivity contribution in [2.45, 2.75) is 13.8 Å². The first-order valence-electron chi connectivity index (χ1n) is 4.82. The van der Waals surface area contributed by atoms with Gasteiger partial charge in [0.2, 0.25) is 0 Å². The summed E-state index contributed by atoms with van der Waals surface area (Å²) in [7, 11) is 0. The van der Waals surface area contributed by atoms with Gasteiger partial charge in [0.25, 0.3) is 0 Å². The fourth-order valence-corrected chi connectivity index (χ4v) is 2.08. The van der Waals surface area contributed by atoms with Crippen molar-refractivity contribution >= 4 is 21.8 Å². The molecule has 0 spiro atoms.